The number of anilines is 2. The number of carbonyl (C=O) groups is 2. The number of halogens is 2. The van der Waals surface area contributed by atoms with Crippen molar-refractivity contribution in [3.63, 3.8) is 0 Å². The lowest BCUT2D eigenvalue weighted by Gasteiger charge is -2.24. The lowest BCUT2D eigenvalue weighted by Crippen LogP contribution is -2.38. The Balaban J connectivity index is 1.97. The van der Waals surface area contributed by atoms with E-state index in [1.807, 2.05) is 0 Å². The van der Waals surface area contributed by atoms with Gasteiger partial charge in [-0.3, -0.25) is 13.9 Å². The van der Waals surface area contributed by atoms with Crippen LogP contribution >= 0.6 is 23.2 Å². The molecule has 3 N–H and O–H groups in total. The Bertz CT molecular complexity index is 1230. The first-order valence-electron chi connectivity index (χ1n) is 8.91. The quantitative estimate of drug-likeness (QED) is 0.536. The summed E-state index contributed by atoms with van der Waals surface area (Å²) in [4.78, 5) is 24.3. The lowest BCUT2D eigenvalue weighted by molar-refractivity contribution is -0.114. The minimum atomic E-state index is -4.14. The highest BCUT2D eigenvalue weighted by molar-refractivity contribution is 7.92. The van der Waals surface area contributed by atoms with Crippen LogP contribution < -0.4 is 15.4 Å². The van der Waals surface area contributed by atoms with Crippen LogP contribution in [0, 0.1) is 0 Å². The largest absolute Gasteiger partial charge is 0.366 e. The molecular weight excluding hydrogens is 461 g/mol. The third kappa shape index (κ3) is 5.35. The Hall–Kier alpha value is -3.07. The lowest BCUT2D eigenvalue weighted by atomic mass is 10.1. The first-order chi connectivity index (χ1) is 14.7. The van der Waals surface area contributed by atoms with Crippen LogP contribution in [0.1, 0.15) is 10.4 Å². The van der Waals surface area contributed by atoms with E-state index in [0.29, 0.717) is 10.0 Å². The van der Waals surface area contributed by atoms with Crippen molar-refractivity contribution >= 4 is 56.4 Å². The van der Waals surface area contributed by atoms with Crippen LogP contribution in [-0.4, -0.2) is 26.8 Å². The summed E-state index contributed by atoms with van der Waals surface area (Å²) in [6.07, 6.45) is 0. The topological polar surface area (TPSA) is 110 Å². The van der Waals surface area contributed by atoms with Gasteiger partial charge in [-0.25, -0.2) is 8.42 Å². The molecule has 31 heavy (non-hydrogen) atoms. The highest BCUT2D eigenvalue weighted by Crippen LogP contribution is 2.27. The molecule has 0 saturated carbocycles. The molecule has 0 atom stereocenters. The zero-order chi connectivity index (χ0) is 22.6. The monoisotopic (exact) mass is 477 g/mol. The van der Waals surface area contributed by atoms with Gasteiger partial charge in [0.15, 0.2) is 0 Å². The van der Waals surface area contributed by atoms with Gasteiger partial charge in [0.2, 0.25) is 5.91 Å². The average Bonchev–Trinajstić information content (AvgIpc) is 2.72. The van der Waals surface area contributed by atoms with E-state index in [1.165, 1.54) is 48.5 Å². The fraction of sp³-hybridized carbons (Fsp3) is 0.0476. The number of hydrogen-bond donors (Lipinski definition) is 2. The van der Waals surface area contributed by atoms with Crippen LogP contribution in [0.25, 0.3) is 0 Å². The van der Waals surface area contributed by atoms with E-state index in [1.54, 1.807) is 24.3 Å². The Morgan fingerprint density at radius 1 is 0.903 bits per heavy atom. The number of nitrogens with one attached hydrogen (secondary N) is 1. The van der Waals surface area contributed by atoms with Crippen molar-refractivity contribution in [1.29, 1.82) is 0 Å². The van der Waals surface area contributed by atoms with E-state index in [4.69, 9.17) is 28.9 Å². The summed E-state index contributed by atoms with van der Waals surface area (Å²) in [5.41, 5.74) is 5.81. The molecule has 7 nitrogen and oxygen atoms in total. The average molecular weight is 478 g/mol. The van der Waals surface area contributed by atoms with E-state index >= 15 is 0 Å². The fourth-order valence-corrected chi connectivity index (χ4v) is 4.53. The summed E-state index contributed by atoms with van der Waals surface area (Å²) in [6.45, 7) is -0.571. The molecule has 160 valence electrons. The van der Waals surface area contributed by atoms with Crippen molar-refractivity contribution in [2.45, 2.75) is 4.90 Å². The second-order valence-corrected chi connectivity index (χ2v) is 9.14. The fourth-order valence-electron chi connectivity index (χ4n) is 2.81. The van der Waals surface area contributed by atoms with Gasteiger partial charge in [-0.05, 0) is 54.6 Å². The Kier molecular flexibility index (Phi) is 6.84. The molecule has 0 heterocycles. The normalized spacial score (nSPS) is 11.0. The second kappa shape index (κ2) is 9.38. The van der Waals surface area contributed by atoms with Gasteiger partial charge >= 0.3 is 0 Å². The van der Waals surface area contributed by atoms with Gasteiger partial charge in [0.1, 0.15) is 6.54 Å². The minimum absolute atomic E-state index is 0.0535. The molecule has 0 aliphatic rings. The predicted molar refractivity (Wildman–Crippen MR) is 121 cm³/mol. The van der Waals surface area contributed by atoms with Gasteiger partial charge in [0, 0.05) is 10.0 Å². The van der Waals surface area contributed by atoms with Crippen molar-refractivity contribution in [2.75, 3.05) is 16.2 Å². The zero-order valence-electron chi connectivity index (χ0n) is 16.0. The first-order valence-corrected chi connectivity index (χ1v) is 11.1. The molecule has 0 unspecified atom stereocenters. The highest BCUT2D eigenvalue weighted by Gasteiger charge is 2.27. The van der Waals surface area contributed by atoms with Gasteiger partial charge in [-0.15, -0.1) is 0 Å². The maximum Gasteiger partial charge on any atom is 0.264 e. The summed E-state index contributed by atoms with van der Waals surface area (Å²) in [5.74, 6) is -1.40. The molecule has 3 aromatic rings. The summed E-state index contributed by atoms with van der Waals surface area (Å²) in [7, 11) is -4.14. The summed E-state index contributed by atoms with van der Waals surface area (Å²) in [6, 6.07) is 17.8. The zero-order valence-corrected chi connectivity index (χ0v) is 18.3. The Morgan fingerprint density at radius 3 is 2.23 bits per heavy atom. The molecular formula is C21H17Cl2N3O4S. The third-order valence-corrected chi connectivity index (χ3v) is 6.53. The van der Waals surface area contributed by atoms with Gasteiger partial charge in [0.05, 0.1) is 21.8 Å². The van der Waals surface area contributed by atoms with Crippen LogP contribution in [0.3, 0.4) is 0 Å². The second-order valence-electron chi connectivity index (χ2n) is 6.40. The van der Waals surface area contributed by atoms with Gasteiger partial charge < -0.3 is 11.1 Å². The van der Waals surface area contributed by atoms with E-state index in [0.717, 1.165) is 4.31 Å². The number of nitrogens with two attached hydrogens (primary N) is 1. The van der Waals surface area contributed by atoms with Crippen LogP contribution in [0.4, 0.5) is 11.4 Å². The van der Waals surface area contributed by atoms with E-state index < -0.39 is 28.4 Å². The van der Waals surface area contributed by atoms with Crippen LogP contribution in [0.2, 0.25) is 10.0 Å². The molecule has 0 aliphatic carbocycles. The molecule has 10 heteroatoms. The maximum absolute atomic E-state index is 13.3. The Labute approximate surface area is 189 Å². The van der Waals surface area contributed by atoms with Gasteiger partial charge in [-0.2, -0.15) is 0 Å². The molecule has 0 spiro atoms. The number of carbonyl (C=O) groups excluding carboxylic acids is 2. The third-order valence-electron chi connectivity index (χ3n) is 4.25. The van der Waals surface area contributed by atoms with Crippen molar-refractivity contribution in [3.8, 4) is 0 Å². The molecule has 0 fully saturated rings. The SMILES string of the molecule is NC(=O)c1ccccc1NC(=O)CN(c1cccc(Cl)c1)S(=O)(=O)c1ccc(Cl)cc1. The maximum atomic E-state index is 13.3. The number of amides is 2. The van der Waals surface area contributed by atoms with Crippen molar-refractivity contribution in [2.24, 2.45) is 5.73 Å². The standard InChI is InChI=1S/C21H17Cl2N3O4S/c22-14-8-10-17(11-9-14)31(29,30)26(16-5-3-4-15(23)12-16)13-20(27)25-19-7-2-1-6-18(19)21(24)28/h1-12H,13H2,(H2,24,28)(H,25,27). The van der Waals surface area contributed by atoms with Gasteiger partial charge in [-0.1, -0.05) is 41.4 Å². The molecule has 0 radical (unpaired) electrons. The number of hydrogen-bond acceptors (Lipinski definition) is 4. The number of rotatable bonds is 7. The number of para-hydroxylation sites is 1. The van der Waals surface area contributed by atoms with Crippen LogP contribution in [0.15, 0.2) is 77.7 Å². The van der Waals surface area contributed by atoms with E-state index in [2.05, 4.69) is 5.32 Å². The molecule has 3 aromatic carbocycles. The minimum Gasteiger partial charge on any atom is -0.366 e. The van der Waals surface area contributed by atoms with E-state index in [-0.39, 0.29) is 21.8 Å². The van der Waals surface area contributed by atoms with Crippen LogP contribution in [0.5, 0.6) is 0 Å². The highest BCUT2D eigenvalue weighted by atomic mass is 35.5. The van der Waals surface area contributed by atoms with E-state index in [9.17, 15) is 18.0 Å². The molecule has 0 bridgehead atoms. The number of primary amides is 1. The molecule has 0 saturated heterocycles. The predicted octanol–water partition coefficient (Wildman–Crippen LogP) is 3.93. The van der Waals surface area contributed by atoms with Crippen molar-refractivity contribution < 1.29 is 18.0 Å². The molecule has 0 aromatic heterocycles. The Morgan fingerprint density at radius 2 is 1.58 bits per heavy atom. The first kappa shape index (κ1) is 22.6. The number of nitrogens with zero attached hydrogens (tertiary/aromatic N) is 1. The van der Waals surface area contributed by atoms with Crippen LogP contribution in [-0.2, 0) is 14.8 Å². The number of sulfonamides is 1. The van der Waals surface area contributed by atoms with Crippen molar-refractivity contribution in [3.05, 3.63) is 88.4 Å². The summed E-state index contributed by atoms with van der Waals surface area (Å²) < 4.78 is 27.5. The van der Waals surface area contributed by atoms with Gasteiger partial charge in [0.25, 0.3) is 15.9 Å². The molecule has 3 rings (SSSR count). The summed E-state index contributed by atoms with van der Waals surface area (Å²) in [5, 5.41) is 3.21. The summed E-state index contributed by atoms with van der Waals surface area (Å²) >= 11 is 11.9. The number of benzene rings is 3. The smallest absolute Gasteiger partial charge is 0.264 e. The molecule has 0 aliphatic heterocycles. The van der Waals surface area contributed by atoms with Crippen molar-refractivity contribution in [1.82, 2.24) is 0 Å². The molecule has 2 amide bonds.